The van der Waals surface area contributed by atoms with Gasteiger partial charge in [0.1, 0.15) is 0 Å². The molecule has 1 aliphatic rings. The van der Waals surface area contributed by atoms with E-state index in [9.17, 15) is 4.79 Å². The Hall–Kier alpha value is -1.58. The normalized spacial score (nSPS) is 16.1. The van der Waals surface area contributed by atoms with Crippen molar-refractivity contribution in [2.24, 2.45) is 5.92 Å². The first kappa shape index (κ1) is 13.8. The predicted molar refractivity (Wildman–Crippen MR) is 78.4 cm³/mol. The number of aromatic nitrogens is 1. The van der Waals surface area contributed by atoms with Crippen molar-refractivity contribution < 1.29 is 4.79 Å². The van der Waals surface area contributed by atoms with Crippen LogP contribution in [0, 0.1) is 5.92 Å². The van der Waals surface area contributed by atoms with Crippen molar-refractivity contribution in [1.82, 2.24) is 4.98 Å². The highest BCUT2D eigenvalue weighted by Gasteiger charge is 2.17. The molecule has 1 aromatic heterocycles. The first-order valence-corrected chi connectivity index (χ1v) is 7.07. The van der Waals surface area contributed by atoms with Crippen LogP contribution >= 0.6 is 0 Å². The minimum atomic E-state index is 0.115. The molecule has 4 heteroatoms. The summed E-state index contributed by atoms with van der Waals surface area (Å²) in [4.78, 5) is 18.1. The van der Waals surface area contributed by atoms with Crippen LogP contribution in [0.3, 0.4) is 0 Å². The average Bonchev–Trinajstić information content (AvgIpc) is 2.40. The van der Waals surface area contributed by atoms with Gasteiger partial charge < -0.3 is 10.2 Å². The van der Waals surface area contributed by atoms with Gasteiger partial charge in [-0.05, 0) is 24.8 Å². The second-order valence-corrected chi connectivity index (χ2v) is 5.58. The fraction of sp³-hybridized carbons (Fsp3) is 0.600. The lowest BCUT2D eigenvalue weighted by atomic mass is 9.87. The summed E-state index contributed by atoms with van der Waals surface area (Å²) in [5.74, 6) is 0.684. The summed E-state index contributed by atoms with van der Waals surface area (Å²) in [6, 6.07) is 1.95. The number of rotatable bonds is 4. The molecular formula is C15H23N3O. The third kappa shape index (κ3) is 4.23. The highest BCUT2D eigenvalue weighted by Crippen LogP contribution is 2.26. The molecule has 1 aromatic rings. The van der Waals surface area contributed by atoms with Gasteiger partial charge in [-0.15, -0.1) is 0 Å². The summed E-state index contributed by atoms with van der Waals surface area (Å²) < 4.78 is 0. The number of anilines is 2. The second-order valence-electron chi connectivity index (χ2n) is 5.58. The van der Waals surface area contributed by atoms with Crippen LogP contribution in [0.5, 0.6) is 0 Å². The molecule has 2 rings (SSSR count). The molecule has 1 N–H and O–H groups in total. The first-order valence-electron chi connectivity index (χ1n) is 7.07. The van der Waals surface area contributed by atoms with Crippen LogP contribution in [0.2, 0.25) is 0 Å². The zero-order valence-electron chi connectivity index (χ0n) is 11.9. The molecule has 1 amide bonds. The van der Waals surface area contributed by atoms with Crippen LogP contribution in [-0.4, -0.2) is 25.0 Å². The van der Waals surface area contributed by atoms with E-state index in [1.165, 1.54) is 32.1 Å². The monoisotopic (exact) mass is 261 g/mol. The number of hydrogen-bond acceptors (Lipinski definition) is 3. The van der Waals surface area contributed by atoms with Crippen LogP contribution < -0.4 is 10.2 Å². The maximum absolute atomic E-state index is 12.0. The van der Waals surface area contributed by atoms with E-state index in [0.29, 0.717) is 12.3 Å². The van der Waals surface area contributed by atoms with E-state index in [-0.39, 0.29) is 5.91 Å². The van der Waals surface area contributed by atoms with Gasteiger partial charge in [0.15, 0.2) is 0 Å². The van der Waals surface area contributed by atoms with Gasteiger partial charge in [-0.3, -0.25) is 9.78 Å². The van der Waals surface area contributed by atoms with Crippen molar-refractivity contribution in [2.45, 2.75) is 38.5 Å². The number of nitrogens with zero attached hydrogens (tertiary/aromatic N) is 2. The van der Waals surface area contributed by atoms with Gasteiger partial charge in [-0.2, -0.15) is 0 Å². The Labute approximate surface area is 115 Å². The van der Waals surface area contributed by atoms with Crippen LogP contribution in [0.1, 0.15) is 38.5 Å². The topological polar surface area (TPSA) is 45.2 Å². The molecule has 1 heterocycles. The third-order valence-corrected chi connectivity index (χ3v) is 3.72. The molecule has 0 aliphatic heterocycles. The maximum Gasteiger partial charge on any atom is 0.224 e. The number of nitrogens with one attached hydrogen (secondary N) is 1. The van der Waals surface area contributed by atoms with E-state index in [1.54, 1.807) is 12.4 Å². The summed E-state index contributed by atoms with van der Waals surface area (Å²) in [5.41, 5.74) is 1.78. The second kappa shape index (κ2) is 6.55. The van der Waals surface area contributed by atoms with E-state index >= 15 is 0 Å². The van der Waals surface area contributed by atoms with E-state index < -0.39 is 0 Å². The van der Waals surface area contributed by atoms with Crippen LogP contribution in [0.4, 0.5) is 11.4 Å². The maximum atomic E-state index is 12.0. The summed E-state index contributed by atoms with van der Waals surface area (Å²) in [6.07, 6.45) is 10.4. The minimum absolute atomic E-state index is 0.115. The van der Waals surface area contributed by atoms with Gasteiger partial charge in [0, 0.05) is 20.5 Å². The molecule has 0 aromatic carbocycles. The van der Waals surface area contributed by atoms with Crippen molar-refractivity contribution in [2.75, 3.05) is 24.3 Å². The van der Waals surface area contributed by atoms with Crippen LogP contribution in [-0.2, 0) is 4.79 Å². The lowest BCUT2D eigenvalue weighted by molar-refractivity contribution is -0.117. The fourth-order valence-corrected chi connectivity index (χ4v) is 2.61. The van der Waals surface area contributed by atoms with E-state index in [0.717, 1.165) is 11.4 Å². The number of carbonyl (C=O) groups excluding carboxylic acids is 1. The molecule has 0 radical (unpaired) electrons. The Morgan fingerprint density at radius 1 is 1.32 bits per heavy atom. The number of hydrogen-bond donors (Lipinski definition) is 1. The smallest absolute Gasteiger partial charge is 0.224 e. The van der Waals surface area contributed by atoms with Crippen LogP contribution in [0.25, 0.3) is 0 Å². The summed E-state index contributed by atoms with van der Waals surface area (Å²) in [6.45, 7) is 0. The average molecular weight is 261 g/mol. The van der Waals surface area contributed by atoms with E-state index in [1.807, 2.05) is 25.1 Å². The quantitative estimate of drug-likeness (QED) is 0.906. The molecule has 104 valence electrons. The number of pyridine rings is 1. The van der Waals surface area contributed by atoms with Gasteiger partial charge in [0.05, 0.1) is 23.8 Å². The summed E-state index contributed by atoms with van der Waals surface area (Å²) >= 11 is 0. The SMILES string of the molecule is CN(C)c1cncc(NC(=O)CC2CCCCC2)c1. The zero-order valence-corrected chi connectivity index (χ0v) is 11.9. The lowest BCUT2D eigenvalue weighted by Crippen LogP contribution is -2.18. The molecule has 4 nitrogen and oxygen atoms in total. The molecule has 0 bridgehead atoms. The largest absolute Gasteiger partial charge is 0.376 e. The van der Waals surface area contributed by atoms with Crippen molar-refractivity contribution in [3.8, 4) is 0 Å². The molecule has 0 saturated heterocycles. The molecule has 0 spiro atoms. The van der Waals surface area contributed by atoms with Crippen molar-refractivity contribution in [3.63, 3.8) is 0 Å². The van der Waals surface area contributed by atoms with Gasteiger partial charge in [0.25, 0.3) is 0 Å². The first-order chi connectivity index (χ1) is 9.15. The predicted octanol–water partition coefficient (Wildman–Crippen LogP) is 3.06. The Bertz CT molecular complexity index is 425. The molecule has 19 heavy (non-hydrogen) atoms. The van der Waals surface area contributed by atoms with E-state index in [4.69, 9.17) is 0 Å². The van der Waals surface area contributed by atoms with Gasteiger partial charge >= 0.3 is 0 Å². The molecule has 1 aliphatic carbocycles. The van der Waals surface area contributed by atoms with Crippen molar-refractivity contribution in [3.05, 3.63) is 18.5 Å². The van der Waals surface area contributed by atoms with Crippen LogP contribution in [0.15, 0.2) is 18.5 Å². The van der Waals surface area contributed by atoms with Gasteiger partial charge in [-0.25, -0.2) is 0 Å². The highest BCUT2D eigenvalue weighted by molar-refractivity contribution is 5.91. The zero-order chi connectivity index (χ0) is 13.7. The Morgan fingerprint density at radius 3 is 2.74 bits per heavy atom. The Morgan fingerprint density at radius 2 is 2.05 bits per heavy atom. The highest BCUT2D eigenvalue weighted by atomic mass is 16.1. The lowest BCUT2D eigenvalue weighted by Gasteiger charge is -2.21. The van der Waals surface area contributed by atoms with Gasteiger partial charge in [-0.1, -0.05) is 19.3 Å². The minimum Gasteiger partial charge on any atom is -0.376 e. The van der Waals surface area contributed by atoms with Crippen molar-refractivity contribution >= 4 is 17.3 Å². The molecule has 1 fully saturated rings. The molecular weight excluding hydrogens is 238 g/mol. The standard InChI is InChI=1S/C15H23N3O/c1-18(2)14-9-13(10-16-11-14)17-15(19)8-12-6-4-3-5-7-12/h9-12H,3-8H2,1-2H3,(H,17,19). The summed E-state index contributed by atoms with van der Waals surface area (Å²) in [7, 11) is 3.93. The molecule has 0 unspecified atom stereocenters. The Kier molecular flexibility index (Phi) is 4.77. The van der Waals surface area contributed by atoms with Crippen molar-refractivity contribution in [1.29, 1.82) is 0 Å². The molecule has 0 atom stereocenters. The third-order valence-electron chi connectivity index (χ3n) is 3.72. The Balaban J connectivity index is 1.89. The summed E-state index contributed by atoms with van der Waals surface area (Å²) in [5, 5.41) is 2.96. The van der Waals surface area contributed by atoms with Gasteiger partial charge in [0.2, 0.25) is 5.91 Å². The number of amides is 1. The van der Waals surface area contributed by atoms with E-state index in [2.05, 4.69) is 10.3 Å². The molecule has 1 saturated carbocycles. The fourth-order valence-electron chi connectivity index (χ4n) is 2.61. The number of carbonyl (C=O) groups is 1.